The zero-order valence-electron chi connectivity index (χ0n) is 5.22. The van der Waals surface area contributed by atoms with Gasteiger partial charge in [-0.2, -0.15) is 4.79 Å². The number of carbonyl (C=O) groups is 2. The molecule has 0 atom stereocenters. The van der Waals surface area contributed by atoms with Crippen LogP contribution in [0.15, 0.2) is 0 Å². The molecule has 3 heterocycles. The predicted molar refractivity (Wildman–Crippen MR) is 32.1 cm³/mol. The molecule has 2 bridgehead atoms. The number of hydrogen-bond donors (Lipinski definition) is 0. The van der Waals surface area contributed by atoms with Crippen LogP contribution in [0.2, 0.25) is 0 Å². The van der Waals surface area contributed by atoms with Gasteiger partial charge < -0.3 is 0 Å². The summed E-state index contributed by atoms with van der Waals surface area (Å²) in [5.41, 5.74) is 0. The molecular formula is C4H3N2O4S+. The Morgan fingerprint density at radius 3 is 2.36 bits per heavy atom. The highest BCUT2D eigenvalue weighted by atomic mass is 32.2. The van der Waals surface area contributed by atoms with Crippen LogP contribution in [0.5, 0.6) is 0 Å². The quantitative estimate of drug-likeness (QED) is 0.428. The first-order valence-corrected chi connectivity index (χ1v) is 4.19. The van der Waals surface area contributed by atoms with E-state index in [1.165, 1.54) is 0 Å². The summed E-state index contributed by atoms with van der Waals surface area (Å²) >= 11 is 0. The Morgan fingerprint density at radius 2 is 2.09 bits per heavy atom. The topological polar surface area (TPSA) is 74.5 Å². The largest absolute Gasteiger partial charge is 0.538 e. The van der Waals surface area contributed by atoms with Crippen molar-refractivity contribution in [1.29, 1.82) is 0 Å². The highest BCUT2D eigenvalue weighted by Crippen LogP contribution is 2.22. The average molecular weight is 175 g/mol. The fourth-order valence-electron chi connectivity index (χ4n) is 0.994. The van der Waals surface area contributed by atoms with Crippen LogP contribution in [-0.2, 0) is 15.0 Å². The van der Waals surface area contributed by atoms with Crippen molar-refractivity contribution in [3.05, 3.63) is 0 Å². The number of rotatable bonds is 0. The molecule has 0 aromatic carbocycles. The molecule has 7 heteroatoms. The third-order valence-electron chi connectivity index (χ3n) is 1.50. The van der Waals surface area contributed by atoms with Crippen molar-refractivity contribution in [1.82, 2.24) is 4.31 Å². The van der Waals surface area contributed by atoms with Gasteiger partial charge >= 0.3 is 22.1 Å². The van der Waals surface area contributed by atoms with Gasteiger partial charge in [-0.3, -0.25) is 0 Å². The number of urea groups is 1. The van der Waals surface area contributed by atoms with Crippen LogP contribution < -0.4 is 0 Å². The molecule has 1 saturated heterocycles. The van der Waals surface area contributed by atoms with Crippen LogP contribution in [0.3, 0.4) is 0 Å². The van der Waals surface area contributed by atoms with Gasteiger partial charge in [0, 0.05) is 0 Å². The first kappa shape index (κ1) is 6.47. The van der Waals surface area contributed by atoms with Crippen molar-refractivity contribution in [3.63, 3.8) is 0 Å². The highest BCUT2D eigenvalue weighted by Gasteiger charge is 2.65. The molecule has 0 aliphatic carbocycles. The standard InChI is InChI=1S/C4H3N2O4S/c7-3-1-2-5-4(8)6(3)11(5,9)10/h2H,1H2/q+1. The zero-order valence-corrected chi connectivity index (χ0v) is 6.04. The smallest absolute Gasteiger partial charge is 0.245 e. The Kier molecular flexibility index (Phi) is 0.881. The molecule has 0 N–H and O–H groups in total. The van der Waals surface area contributed by atoms with Crippen molar-refractivity contribution < 1.29 is 22.0 Å². The highest BCUT2D eigenvalue weighted by molar-refractivity contribution is 7.86. The van der Waals surface area contributed by atoms with Gasteiger partial charge in [0.2, 0.25) is 0 Å². The maximum absolute atomic E-state index is 10.8. The molecule has 3 aliphatic rings. The van der Waals surface area contributed by atoms with E-state index in [0.717, 1.165) is 6.21 Å². The van der Waals surface area contributed by atoms with Gasteiger partial charge in [0.15, 0.2) is 0 Å². The molecule has 0 aromatic heterocycles. The van der Waals surface area contributed by atoms with Gasteiger partial charge in [-0.1, -0.05) is 3.98 Å². The molecule has 11 heavy (non-hydrogen) atoms. The molecular weight excluding hydrogens is 172 g/mol. The summed E-state index contributed by atoms with van der Waals surface area (Å²) in [6.07, 6.45) is 1.05. The van der Waals surface area contributed by atoms with Gasteiger partial charge in [-0.05, 0) is 4.31 Å². The second-order valence-electron chi connectivity index (χ2n) is 2.13. The predicted octanol–water partition coefficient (Wildman–Crippen LogP) is -1.32. The third kappa shape index (κ3) is 0.519. The Labute approximate surface area is 61.9 Å². The molecule has 0 spiro atoms. The van der Waals surface area contributed by atoms with E-state index in [1.54, 1.807) is 0 Å². The van der Waals surface area contributed by atoms with E-state index in [9.17, 15) is 18.0 Å². The maximum Gasteiger partial charge on any atom is 0.538 e. The van der Waals surface area contributed by atoms with Crippen LogP contribution in [0.25, 0.3) is 0 Å². The molecule has 0 saturated carbocycles. The summed E-state index contributed by atoms with van der Waals surface area (Å²) in [6.45, 7) is 0. The van der Waals surface area contributed by atoms with Crippen LogP contribution in [-0.4, -0.2) is 34.9 Å². The monoisotopic (exact) mass is 175 g/mol. The minimum Gasteiger partial charge on any atom is -0.245 e. The summed E-state index contributed by atoms with van der Waals surface area (Å²) in [5.74, 6) is -0.683. The maximum atomic E-state index is 10.8. The molecule has 3 amide bonds. The first-order chi connectivity index (χ1) is 5.05. The minimum absolute atomic E-state index is 0.0228. The van der Waals surface area contributed by atoms with E-state index in [0.29, 0.717) is 3.98 Å². The van der Waals surface area contributed by atoms with Gasteiger partial charge in [-0.25, -0.2) is 4.79 Å². The lowest BCUT2D eigenvalue weighted by atomic mass is 10.4. The Bertz CT molecular complexity index is 392. The van der Waals surface area contributed by atoms with Crippen molar-refractivity contribution in [2.75, 3.05) is 0 Å². The van der Waals surface area contributed by atoms with E-state index >= 15 is 0 Å². The SMILES string of the molecule is O=C1CC=[N+]2C(=O)N1S2(=O)=O. The fourth-order valence-corrected chi connectivity index (χ4v) is 2.21. The summed E-state index contributed by atoms with van der Waals surface area (Å²) in [7, 11) is -3.75. The van der Waals surface area contributed by atoms with Crippen molar-refractivity contribution in [3.8, 4) is 0 Å². The lowest BCUT2D eigenvalue weighted by Crippen LogP contribution is -2.64. The number of amides is 3. The van der Waals surface area contributed by atoms with Gasteiger partial charge in [0.05, 0.1) is 0 Å². The first-order valence-electron chi connectivity index (χ1n) is 2.80. The number of fused-ring (bicyclic) bond motifs is 2. The second-order valence-corrected chi connectivity index (χ2v) is 3.79. The van der Waals surface area contributed by atoms with Gasteiger partial charge in [-0.15, -0.1) is 8.42 Å². The van der Waals surface area contributed by atoms with Crippen LogP contribution >= 0.6 is 0 Å². The molecule has 6 nitrogen and oxygen atoms in total. The molecule has 0 radical (unpaired) electrons. The number of imide groups is 1. The number of nitrogens with zero attached hydrogens (tertiary/aromatic N) is 2. The lowest BCUT2D eigenvalue weighted by molar-refractivity contribution is -0.304. The summed E-state index contributed by atoms with van der Waals surface area (Å²) < 4.78 is 22.5. The van der Waals surface area contributed by atoms with Crippen molar-refractivity contribution in [2.45, 2.75) is 6.42 Å². The van der Waals surface area contributed by atoms with Crippen LogP contribution in [0.1, 0.15) is 6.42 Å². The summed E-state index contributed by atoms with van der Waals surface area (Å²) in [6, 6.07) is -0.777. The number of hydrogen-bond acceptors (Lipinski definition) is 4. The van der Waals surface area contributed by atoms with E-state index in [2.05, 4.69) is 0 Å². The van der Waals surface area contributed by atoms with E-state index < -0.39 is 22.1 Å². The van der Waals surface area contributed by atoms with Crippen molar-refractivity contribution in [2.24, 2.45) is 0 Å². The Balaban J connectivity index is 2.70. The molecule has 3 rings (SSSR count). The molecule has 3 aliphatic heterocycles. The summed E-state index contributed by atoms with van der Waals surface area (Å²) in [5, 5.41) is 0. The number of carbonyl (C=O) groups excluding carboxylic acids is 2. The lowest BCUT2D eigenvalue weighted by Gasteiger charge is -2.23. The van der Waals surface area contributed by atoms with Gasteiger partial charge in [0.1, 0.15) is 12.6 Å². The molecule has 58 valence electrons. The normalized spacial score (nSPS) is 26.2. The average Bonchev–Trinajstić information content (AvgIpc) is 1.85. The summed E-state index contributed by atoms with van der Waals surface area (Å²) in [4.78, 5) is 21.4. The Morgan fingerprint density at radius 1 is 1.45 bits per heavy atom. The zero-order chi connectivity index (χ0) is 8.22. The fraction of sp³-hybridized carbons (Fsp3) is 0.250. The molecule has 1 fully saturated rings. The molecule has 0 unspecified atom stereocenters. The second kappa shape index (κ2) is 1.50. The molecule has 0 aromatic rings. The van der Waals surface area contributed by atoms with Crippen molar-refractivity contribution >= 4 is 28.4 Å². The minimum atomic E-state index is -3.75. The van der Waals surface area contributed by atoms with E-state index in [-0.39, 0.29) is 10.7 Å². The van der Waals surface area contributed by atoms with Gasteiger partial charge in [0.25, 0.3) is 0 Å². The van der Waals surface area contributed by atoms with E-state index in [4.69, 9.17) is 0 Å². The van der Waals surface area contributed by atoms with Crippen LogP contribution in [0.4, 0.5) is 4.79 Å². The van der Waals surface area contributed by atoms with Crippen LogP contribution in [0, 0.1) is 0 Å². The van der Waals surface area contributed by atoms with E-state index in [1.807, 2.05) is 0 Å². The Hall–Kier alpha value is -1.24. The third-order valence-corrected chi connectivity index (χ3v) is 3.12.